The first kappa shape index (κ1) is 15.4. The molecule has 1 saturated heterocycles. The van der Waals surface area contributed by atoms with E-state index in [9.17, 15) is 9.90 Å². The number of hydrogen-bond acceptors (Lipinski definition) is 3. The van der Waals surface area contributed by atoms with Gasteiger partial charge in [-0.25, -0.2) is 0 Å². The second kappa shape index (κ2) is 6.71. The molecule has 4 heteroatoms. The molecule has 1 aliphatic rings. The van der Waals surface area contributed by atoms with Crippen LogP contribution in [-0.4, -0.2) is 34.7 Å². The van der Waals surface area contributed by atoms with Crippen LogP contribution in [0.5, 0.6) is 0 Å². The number of amides is 1. The molecule has 2 aromatic carbocycles. The fourth-order valence-corrected chi connectivity index (χ4v) is 4.04. The van der Waals surface area contributed by atoms with Gasteiger partial charge in [-0.15, -0.1) is 0 Å². The largest absolute Gasteiger partial charge is 0.388 e. The predicted octanol–water partition coefficient (Wildman–Crippen LogP) is 2.76. The van der Waals surface area contributed by atoms with E-state index in [0.717, 1.165) is 35.3 Å². The van der Waals surface area contributed by atoms with Crippen molar-refractivity contribution in [1.82, 2.24) is 5.32 Å². The summed E-state index contributed by atoms with van der Waals surface area (Å²) in [6.07, 6.45) is 1.87. The molecule has 0 aromatic heterocycles. The van der Waals surface area contributed by atoms with E-state index in [-0.39, 0.29) is 5.91 Å². The number of benzene rings is 2. The zero-order valence-electron chi connectivity index (χ0n) is 12.5. The molecular formula is C18H21NO2S. The summed E-state index contributed by atoms with van der Waals surface area (Å²) >= 11 is 1.86. The molecular weight excluding hydrogens is 294 g/mol. The first-order chi connectivity index (χ1) is 10.6. The third-order valence-electron chi connectivity index (χ3n) is 4.22. The highest BCUT2D eigenvalue weighted by Gasteiger charge is 2.29. The van der Waals surface area contributed by atoms with Crippen LogP contribution in [0.3, 0.4) is 0 Å². The zero-order valence-corrected chi connectivity index (χ0v) is 13.4. The topological polar surface area (TPSA) is 49.3 Å². The number of carbonyl (C=O) groups is 1. The van der Waals surface area contributed by atoms with Crippen LogP contribution < -0.4 is 5.32 Å². The molecule has 0 radical (unpaired) electrons. The van der Waals surface area contributed by atoms with Crippen LogP contribution in [0.2, 0.25) is 0 Å². The van der Waals surface area contributed by atoms with Gasteiger partial charge in [-0.3, -0.25) is 4.79 Å². The first-order valence-corrected chi connectivity index (χ1v) is 8.85. The SMILES string of the molecule is O=C(Cc1ccc2ccccc2c1)NCC1(O)CCSCC1. The van der Waals surface area contributed by atoms with Gasteiger partial charge in [0.05, 0.1) is 12.0 Å². The molecule has 2 N–H and O–H groups in total. The van der Waals surface area contributed by atoms with Crippen LogP contribution >= 0.6 is 11.8 Å². The van der Waals surface area contributed by atoms with Crippen molar-refractivity contribution in [1.29, 1.82) is 0 Å². The Balaban J connectivity index is 1.58. The lowest BCUT2D eigenvalue weighted by molar-refractivity contribution is -0.121. The second-order valence-corrected chi connectivity index (χ2v) is 7.20. The van der Waals surface area contributed by atoms with Gasteiger partial charge < -0.3 is 10.4 Å². The molecule has 0 aliphatic carbocycles. The van der Waals surface area contributed by atoms with Crippen molar-refractivity contribution in [3.63, 3.8) is 0 Å². The van der Waals surface area contributed by atoms with Crippen LogP contribution in [0.4, 0.5) is 0 Å². The molecule has 1 fully saturated rings. The summed E-state index contributed by atoms with van der Waals surface area (Å²) in [4.78, 5) is 12.1. The number of carbonyl (C=O) groups excluding carboxylic acids is 1. The highest BCUT2D eigenvalue weighted by atomic mass is 32.2. The molecule has 116 valence electrons. The van der Waals surface area contributed by atoms with Crippen molar-refractivity contribution < 1.29 is 9.90 Å². The monoisotopic (exact) mass is 315 g/mol. The van der Waals surface area contributed by atoms with Crippen LogP contribution in [0.25, 0.3) is 10.8 Å². The minimum absolute atomic E-state index is 0.0260. The summed E-state index contributed by atoms with van der Waals surface area (Å²) in [5.74, 6) is 1.91. The van der Waals surface area contributed by atoms with Crippen molar-refractivity contribution in [3.05, 3.63) is 48.0 Å². The van der Waals surface area contributed by atoms with Crippen molar-refractivity contribution in [2.75, 3.05) is 18.1 Å². The fraction of sp³-hybridized carbons (Fsp3) is 0.389. The number of thioether (sulfide) groups is 1. The van der Waals surface area contributed by atoms with Gasteiger partial charge in [-0.2, -0.15) is 11.8 Å². The third kappa shape index (κ3) is 3.81. The van der Waals surface area contributed by atoms with Gasteiger partial charge in [0.1, 0.15) is 0 Å². The Morgan fingerprint density at radius 2 is 1.86 bits per heavy atom. The molecule has 1 amide bonds. The van der Waals surface area contributed by atoms with Gasteiger partial charge >= 0.3 is 0 Å². The van der Waals surface area contributed by atoms with Gasteiger partial charge in [0.25, 0.3) is 0 Å². The van der Waals surface area contributed by atoms with E-state index in [2.05, 4.69) is 23.5 Å². The number of aliphatic hydroxyl groups is 1. The van der Waals surface area contributed by atoms with E-state index < -0.39 is 5.60 Å². The molecule has 3 rings (SSSR count). The van der Waals surface area contributed by atoms with Crippen LogP contribution in [0.15, 0.2) is 42.5 Å². The van der Waals surface area contributed by atoms with E-state index in [0.29, 0.717) is 13.0 Å². The summed E-state index contributed by atoms with van der Waals surface area (Å²) in [6.45, 7) is 0.361. The van der Waals surface area contributed by atoms with Gasteiger partial charge in [0.15, 0.2) is 0 Å². The quantitative estimate of drug-likeness (QED) is 0.912. The molecule has 0 saturated carbocycles. The average Bonchev–Trinajstić information content (AvgIpc) is 2.54. The highest BCUT2D eigenvalue weighted by Crippen LogP contribution is 2.26. The summed E-state index contributed by atoms with van der Waals surface area (Å²) in [6, 6.07) is 14.2. The van der Waals surface area contributed by atoms with E-state index in [1.165, 1.54) is 5.39 Å². The Bertz CT molecular complexity index is 665. The van der Waals surface area contributed by atoms with Crippen molar-refractivity contribution in [2.45, 2.75) is 24.9 Å². The van der Waals surface area contributed by atoms with E-state index in [4.69, 9.17) is 0 Å². The molecule has 0 atom stereocenters. The maximum atomic E-state index is 12.1. The smallest absolute Gasteiger partial charge is 0.224 e. The fourth-order valence-electron chi connectivity index (χ4n) is 2.79. The van der Waals surface area contributed by atoms with Crippen LogP contribution in [0, 0.1) is 0 Å². The predicted molar refractivity (Wildman–Crippen MR) is 92.2 cm³/mol. The molecule has 0 bridgehead atoms. The molecule has 1 heterocycles. The molecule has 0 spiro atoms. The van der Waals surface area contributed by atoms with E-state index >= 15 is 0 Å². The Labute approximate surface area is 135 Å². The minimum atomic E-state index is -0.718. The summed E-state index contributed by atoms with van der Waals surface area (Å²) in [5.41, 5.74) is 0.284. The van der Waals surface area contributed by atoms with Crippen LogP contribution in [-0.2, 0) is 11.2 Å². The van der Waals surface area contributed by atoms with Gasteiger partial charge in [-0.05, 0) is 40.7 Å². The number of rotatable bonds is 4. The molecule has 1 aliphatic heterocycles. The Morgan fingerprint density at radius 3 is 2.64 bits per heavy atom. The highest BCUT2D eigenvalue weighted by molar-refractivity contribution is 7.99. The normalized spacial score (nSPS) is 17.3. The maximum absolute atomic E-state index is 12.1. The van der Waals surface area contributed by atoms with Crippen molar-refractivity contribution in [3.8, 4) is 0 Å². The second-order valence-electron chi connectivity index (χ2n) is 5.97. The number of hydrogen-bond donors (Lipinski definition) is 2. The van der Waals surface area contributed by atoms with Gasteiger partial charge in [0.2, 0.25) is 5.91 Å². The standard InChI is InChI=1S/C18H21NO2S/c20-17(19-13-18(21)7-9-22-10-8-18)12-14-5-6-15-3-1-2-4-16(15)11-14/h1-6,11,21H,7-10,12-13H2,(H,19,20). The average molecular weight is 315 g/mol. The Morgan fingerprint density at radius 1 is 1.14 bits per heavy atom. The summed E-state index contributed by atoms with van der Waals surface area (Å²) in [7, 11) is 0. The minimum Gasteiger partial charge on any atom is -0.388 e. The molecule has 2 aromatic rings. The number of nitrogens with one attached hydrogen (secondary N) is 1. The van der Waals surface area contributed by atoms with Crippen molar-refractivity contribution in [2.24, 2.45) is 0 Å². The molecule has 0 unspecified atom stereocenters. The first-order valence-electron chi connectivity index (χ1n) is 7.69. The van der Waals surface area contributed by atoms with Crippen molar-refractivity contribution >= 4 is 28.4 Å². The lowest BCUT2D eigenvalue weighted by Crippen LogP contribution is -2.45. The lowest BCUT2D eigenvalue weighted by atomic mass is 9.96. The third-order valence-corrected chi connectivity index (χ3v) is 5.20. The maximum Gasteiger partial charge on any atom is 0.224 e. The number of fused-ring (bicyclic) bond motifs is 1. The van der Waals surface area contributed by atoms with E-state index in [1.807, 2.05) is 36.0 Å². The van der Waals surface area contributed by atoms with Gasteiger partial charge in [0, 0.05) is 6.54 Å². The van der Waals surface area contributed by atoms with E-state index in [1.54, 1.807) is 0 Å². The van der Waals surface area contributed by atoms with Crippen LogP contribution in [0.1, 0.15) is 18.4 Å². The lowest BCUT2D eigenvalue weighted by Gasteiger charge is -2.31. The van der Waals surface area contributed by atoms with Gasteiger partial charge in [-0.1, -0.05) is 42.5 Å². The Kier molecular flexibility index (Phi) is 4.69. The molecule has 3 nitrogen and oxygen atoms in total. The summed E-state index contributed by atoms with van der Waals surface area (Å²) in [5, 5.41) is 15.6. The molecule has 22 heavy (non-hydrogen) atoms. The Hall–Kier alpha value is -1.52. The summed E-state index contributed by atoms with van der Waals surface area (Å²) < 4.78 is 0. The zero-order chi connectivity index (χ0) is 15.4.